The van der Waals surface area contributed by atoms with Gasteiger partial charge in [0.1, 0.15) is 5.76 Å². The van der Waals surface area contributed by atoms with E-state index in [-0.39, 0.29) is 12.4 Å². The largest absolute Gasteiger partial charge is 0.475 e. The van der Waals surface area contributed by atoms with Crippen molar-refractivity contribution in [3.05, 3.63) is 23.7 Å². The summed E-state index contributed by atoms with van der Waals surface area (Å²) in [6.45, 7) is -0.0513. The van der Waals surface area contributed by atoms with Gasteiger partial charge in [-0.3, -0.25) is 0 Å². The van der Waals surface area contributed by atoms with Crippen molar-refractivity contribution in [1.82, 2.24) is 0 Å². The van der Waals surface area contributed by atoms with E-state index in [0.29, 0.717) is 12.2 Å². The second kappa shape index (κ2) is 4.06. The number of carbonyl (C=O) groups is 1. The average molecular weight is 185 g/mol. The number of hydrogen-bond acceptors (Lipinski definition) is 4. The van der Waals surface area contributed by atoms with Gasteiger partial charge in [-0.1, -0.05) is 0 Å². The van der Waals surface area contributed by atoms with Crippen LogP contribution in [-0.4, -0.2) is 22.8 Å². The molecule has 0 saturated heterocycles. The van der Waals surface area contributed by atoms with Crippen LogP contribution >= 0.6 is 0 Å². The van der Waals surface area contributed by atoms with Crippen molar-refractivity contribution in [3.63, 3.8) is 0 Å². The highest BCUT2D eigenvalue weighted by Crippen LogP contribution is 2.16. The Kier molecular flexibility index (Phi) is 3.05. The zero-order chi connectivity index (χ0) is 9.84. The van der Waals surface area contributed by atoms with Crippen molar-refractivity contribution < 1.29 is 19.4 Å². The van der Waals surface area contributed by atoms with Crippen molar-refractivity contribution in [2.45, 2.75) is 12.5 Å². The maximum Gasteiger partial charge on any atom is 0.371 e. The third kappa shape index (κ3) is 2.30. The minimum atomic E-state index is -1.12. The van der Waals surface area contributed by atoms with Crippen molar-refractivity contribution in [3.8, 4) is 0 Å². The molecule has 1 rings (SSSR count). The van der Waals surface area contributed by atoms with E-state index in [1.54, 1.807) is 0 Å². The van der Waals surface area contributed by atoms with E-state index in [1.807, 2.05) is 0 Å². The second-order valence-corrected chi connectivity index (χ2v) is 2.63. The summed E-state index contributed by atoms with van der Waals surface area (Å²) in [5.41, 5.74) is 5.57. The molecule has 1 aromatic heterocycles. The molecule has 1 heterocycles. The molecule has 0 fully saturated rings. The number of nitrogens with two attached hydrogens (primary N) is 1. The number of furan rings is 1. The van der Waals surface area contributed by atoms with E-state index in [1.165, 1.54) is 12.1 Å². The first-order valence-corrected chi connectivity index (χ1v) is 3.84. The number of rotatable bonds is 4. The molecule has 0 aliphatic rings. The second-order valence-electron chi connectivity index (χ2n) is 2.63. The Morgan fingerprint density at radius 3 is 2.77 bits per heavy atom. The molecule has 5 nitrogen and oxygen atoms in total. The van der Waals surface area contributed by atoms with E-state index in [4.69, 9.17) is 20.4 Å². The zero-order valence-corrected chi connectivity index (χ0v) is 6.93. The van der Waals surface area contributed by atoms with Gasteiger partial charge in [0.15, 0.2) is 0 Å². The lowest BCUT2D eigenvalue weighted by Crippen LogP contribution is -2.10. The Morgan fingerprint density at radius 2 is 2.31 bits per heavy atom. The number of carboxylic acid groups (broad SMARTS) is 1. The number of aliphatic hydroxyl groups excluding tert-OH is 1. The van der Waals surface area contributed by atoms with E-state index < -0.39 is 12.0 Å². The smallest absolute Gasteiger partial charge is 0.371 e. The predicted molar refractivity (Wildman–Crippen MR) is 44.3 cm³/mol. The predicted octanol–water partition coefficient (Wildman–Crippen LogP) is 0.360. The summed E-state index contributed by atoms with van der Waals surface area (Å²) >= 11 is 0. The van der Waals surface area contributed by atoms with Crippen molar-refractivity contribution in [2.24, 2.45) is 5.73 Å². The van der Waals surface area contributed by atoms with Gasteiger partial charge in [0, 0.05) is 6.61 Å². The average Bonchev–Trinajstić information content (AvgIpc) is 2.52. The maximum absolute atomic E-state index is 10.4. The molecule has 4 N–H and O–H groups in total. The monoisotopic (exact) mass is 185 g/mol. The molecule has 0 saturated carbocycles. The fourth-order valence-corrected chi connectivity index (χ4v) is 0.948. The summed E-state index contributed by atoms with van der Waals surface area (Å²) in [6.07, 6.45) is 0.354. The summed E-state index contributed by atoms with van der Waals surface area (Å²) < 4.78 is 4.92. The van der Waals surface area contributed by atoms with Crippen molar-refractivity contribution in [2.75, 3.05) is 6.61 Å². The molecule has 72 valence electrons. The van der Waals surface area contributed by atoms with Crippen LogP contribution in [0.25, 0.3) is 0 Å². The maximum atomic E-state index is 10.4. The van der Waals surface area contributed by atoms with E-state index in [0.717, 1.165) is 0 Å². The van der Waals surface area contributed by atoms with Gasteiger partial charge in [-0.15, -0.1) is 0 Å². The van der Waals surface area contributed by atoms with Gasteiger partial charge in [0.2, 0.25) is 5.76 Å². The highest BCUT2D eigenvalue weighted by atomic mass is 16.4. The fourth-order valence-electron chi connectivity index (χ4n) is 0.948. The minimum absolute atomic E-state index is 0.0513. The number of hydrogen-bond donors (Lipinski definition) is 3. The van der Waals surface area contributed by atoms with Crippen LogP contribution < -0.4 is 5.73 Å². The van der Waals surface area contributed by atoms with Gasteiger partial charge in [0.05, 0.1) is 6.04 Å². The highest BCUT2D eigenvalue weighted by Gasteiger charge is 2.13. The molecule has 0 aliphatic heterocycles. The van der Waals surface area contributed by atoms with Crippen molar-refractivity contribution >= 4 is 5.97 Å². The Labute approximate surface area is 74.8 Å². The van der Waals surface area contributed by atoms with E-state index in [2.05, 4.69) is 0 Å². The number of aromatic carboxylic acids is 1. The van der Waals surface area contributed by atoms with Crippen LogP contribution in [0, 0.1) is 0 Å². The Morgan fingerprint density at radius 1 is 1.62 bits per heavy atom. The SMILES string of the molecule is NC(CCO)c1ccc(C(=O)O)o1. The minimum Gasteiger partial charge on any atom is -0.475 e. The first-order valence-electron chi connectivity index (χ1n) is 3.84. The molecule has 5 heteroatoms. The van der Waals surface area contributed by atoms with Gasteiger partial charge >= 0.3 is 5.97 Å². The van der Waals surface area contributed by atoms with Crippen LogP contribution in [0.3, 0.4) is 0 Å². The lowest BCUT2D eigenvalue weighted by molar-refractivity contribution is 0.0659. The summed E-state index contributed by atoms with van der Waals surface area (Å²) in [4.78, 5) is 10.4. The number of carboxylic acids is 1. The molecule has 0 aromatic carbocycles. The van der Waals surface area contributed by atoms with Crippen LogP contribution in [0.4, 0.5) is 0 Å². The third-order valence-electron chi connectivity index (χ3n) is 1.64. The van der Waals surface area contributed by atoms with Crippen molar-refractivity contribution in [1.29, 1.82) is 0 Å². The topological polar surface area (TPSA) is 96.7 Å². The van der Waals surface area contributed by atoms with Crippen LogP contribution in [-0.2, 0) is 0 Å². The quantitative estimate of drug-likeness (QED) is 0.629. The summed E-state index contributed by atoms with van der Waals surface area (Å²) in [6, 6.07) is 2.40. The molecule has 0 spiro atoms. The molecule has 0 bridgehead atoms. The Bertz CT molecular complexity index is 294. The molecule has 1 unspecified atom stereocenters. The summed E-state index contributed by atoms with van der Waals surface area (Å²) in [5, 5.41) is 17.1. The molecule has 0 radical (unpaired) electrons. The highest BCUT2D eigenvalue weighted by molar-refractivity contribution is 5.84. The fraction of sp³-hybridized carbons (Fsp3) is 0.375. The standard InChI is InChI=1S/C8H11NO4/c9-5(3-4-10)6-1-2-7(13-6)8(11)12/h1-2,5,10H,3-4,9H2,(H,11,12). The van der Waals surface area contributed by atoms with Gasteiger partial charge in [-0.2, -0.15) is 0 Å². The normalized spacial score (nSPS) is 12.8. The first kappa shape index (κ1) is 9.76. The van der Waals surface area contributed by atoms with E-state index >= 15 is 0 Å². The Balaban J connectivity index is 2.73. The molecular weight excluding hydrogens is 174 g/mol. The lowest BCUT2D eigenvalue weighted by Gasteiger charge is -2.04. The van der Waals surface area contributed by atoms with Gasteiger partial charge < -0.3 is 20.4 Å². The molecule has 13 heavy (non-hydrogen) atoms. The van der Waals surface area contributed by atoms with Gasteiger partial charge in [-0.25, -0.2) is 4.79 Å². The van der Waals surface area contributed by atoms with Crippen LogP contribution in [0.1, 0.15) is 28.8 Å². The first-order chi connectivity index (χ1) is 6.15. The van der Waals surface area contributed by atoms with Crippen LogP contribution in [0.15, 0.2) is 16.5 Å². The van der Waals surface area contributed by atoms with Gasteiger partial charge in [-0.05, 0) is 18.6 Å². The number of aliphatic hydroxyl groups is 1. The van der Waals surface area contributed by atoms with Crippen LogP contribution in [0.2, 0.25) is 0 Å². The lowest BCUT2D eigenvalue weighted by atomic mass is 10.2. The van der Waals surface area contributed by atoms with Crippen LogP contribution in [0.5, 0.6) is 0 Å². The molecule has 0 amide bonds. The molecule has 0 aliphatic carbocycles. The molecule has 1 atom stereocenters. The van der Waals surface area contributed by atoms with Gasteiger partial charge in [0.25, 0.3) is 0 Å². The molecule has 1 aromatic rings. The van der Waals surface area contributed by atoms with E-state index in [9.17, 15) is 4.79 Å². The summed E-state index contributed by atoms with van der Waals surface area (Å²) in [5.74, 6) is -0.878. The zero-order valence-electron chi connectivity index (χ0n) is 6.93. The molecular formula is C8H11NO4. The Hall–Kier alpha value is -1.33. The summed E-state index contributed by atoms with van der Waals surface area (Å²) in [7, 11) is 0. The third-order valence-corrected chi connectivity index (χ3v) is 1.64.